The Hall–Kier alpha value is -0.720. The van der Waals surface area contributed by atoms with Crippen molar-refractivity contribution >= 4 is 29.5 Å². The molecule has 1 atom stereocenters. The maximum atomic E-state index is 12.1. The standard InChI is InChI=1S/C11H16N2O2S2/c1-7-9(17-11(16)12-7)5-10(15)13-4-2-3-8(13)6-14/h8,14H,2-6H2,1H3,(H,12,16). The van der Waals surface area contributed by atoms with E-state index in [1.54, 1.807) is 4.90 Å². The molecule has 0 aliphatic carbocycles. The number of aryl methyl sites for hydroxylation is 1. The molecule has 0 saturated carbocycles. The molecule has 0 bridgehead atoms. The summed E-state index contributed by atoms with van der Waals surface area (Å²) in [5, 5.41) is 9.20. The summed E-state index contributed by atoms with van der Waals surface area (Å²) in [6, 6.07) is 0.00900. The maximum Gasteiger partial charge on any atom is 0.228 e. The minimum Gasteiger partial charge on any atom is -0.394 e. The Morgan fingerprint density at radius 1 is 1.71 bits per heavy atom. The fraction of sp³-hybridized carbons (Fsp3) is 0.636. The van der Waals surface area contributed by atoms with Crippen molar-refractivity contribution in [2.24, 2.45) is 0 Å². The molecule has 1 aromatic heterocycles. The van der Waals surface area contributed by atoms with E-state index in [1.165, 1.54) is 11.3 Å². The van der Waals surface area contributed by atoms with Gasteiger partial charge in [0.05, 0.1) is 19.1 Å². The number of H-pyrrole nitrogens is 1. The molecule has 4 nitrogen and oxygen atoms in total. The van der Waals surface area contributed by atoms with Gasteiger partial charge in [-0.05, 0) is 32.0 Å². The van der Waals surface area contributed by atoms with Crippen molar-refractivity contribution in [1.82, 2.24) is 9.88 Å². The summed E-state index contributed by atoms with van der Waals surface area (Å²) >= 11 is 6.51. The van der Waals surface area contributed by atoms with Gasteiger partial charge in [-0.25, -0.2) is 0 Å². The van der Waals surface area contributed by atoms with E-state index < -0.39 is 0 Å². The van der Waals surface area contributed by atoms with E-state index in [0.29, 0.717) is 10.4 Å². The van der Waals surface area contributed by atoms with Gasteiger partial charge in [0, 0.05) is 17.1 Å². The molecule has 1 aromatic rings. The van der Waals surface area contributed by atoms with Crippen molar-refractivity contribution < 1.29 is 9.90 Å². The van der Waals surface area contributed by atoms with Crippen molar-refractivity contribution in [1.29, 1.82) is 0 Å². The molecule has 1 saturated heterocycles. The lowest BCUT2D eigenvalue weighted by Gasteiger charge is -2.22. The van der Waals surface area contributed by atoms with E-state index >= 15 is 0 Å². The van der Waals surface area contributed by atoms with Gasteiger partial charge >= 0.3 is 0 Å². The fourth-order valence-corrected chi connectivity index (χ4v) is 3.48. The molecule has 0 aromatic carbocycles. The van der Waals surface area contributed by atoms with Crippen LogP contribution in [0.3, 0.4) is 0 Å². The SMILES string of the molecule is Cc1[nH]c(=S)sc1CC(=O)N1CCCC1CO. The van der Waals surface area contributed by atoms with Crippen molar-refractivity contribution in [2.75, 3.05) is 13.2 Å². The van der Waals surface area contributed by atoms with E-state index in [9.17, 15) is 9.90 Å². The Labute approximate surface area is 109 Å². The minimum absolute atomic E-state index is 0.00900. The number of carbonyl (C=O) groups excluding carboxylic acids is 1. The van der Waals surface area contributed by atoms with Crippen LogP contribution in [0.15, 0.2) is 0 Å². The zero-order chi connectivity index (χ0) is 12.4. The number of hydrogen-bond donors (Lipinski definition) is 2. The molecule has 6 heteroatoms. The van der Waals surface area contributed by atoms with Crippen molar-refractivity contribution in [3.8, 4) is 0 Å². The topological polar surface area (TPSA) is 56.3 Å². The van der Waals surface area contributed by atoms with Crippen LogP contribution in [0.1, 0.15) is 23.4 Å². The van der Waals surface area contributed by atoms with Crippen LogP contribution in [0.25, 0.3) is 0 Å². The van der Waals surface area contributed by atoms with Crippen LogP contribution in [0.5, 0.6) is 0 Å². The average Bonchev–Trinajstić information content (AvgIpc) is 2.85. The number of thiazole rings is 1. The van der Waals surface area contributed by atoms with Gasteiger partial charge in [-0.15, -0.1) is 11.3 Å². The molecule has 2 N–H and O–H groups in total. The molecule has 2 rings (SSSR count). The maximum absolute atomic E-state index is 12.1. The number of aliphatic hydroxyl groups excluding tert-OH is 1. The molecule has 0 radical (unpaired) electrons. The summed E-state index contributed by atoms with van der Waals surface area (Å²) in [6.07, 6.45) is 2.28. The van der Waals surface area contributed by atoms with E-state index in [2.05, 4.69) is 4.98 Å². The Bertz CT molecular complexity index is 466. The molecule has 17 heavy (non-hydrogen) atoms. The largest absolute Gasteiger partial charge is 0.394 e. The Morgan fingerprint density at radius 3 is 3.06 bits per heavy atom. The summed E-state index contributed by atoms with van der Waals surface area (Å²) in [4.78, 5) is 18.0. The summed E-state index contributed by atoms with van der Waals surface area (Å²) in [5.41, 5.74) is 0.980. The van der Waals surface area contributed by atoms with Crippen LogP contribution in [-0.4, -0.2) is 40.1 Å². The van der Waals surface area contributed by atoms with E-state index in [0.717, 1.165) is 30.0 Å². The van der Waals surface area contributed by atoms with Gasteiger partial charge in [0.25, 0.3) is 0 Å². The number of aliphatic hydroxyl groups is 1. The second kappa shape index (κ2) is 5.29. The lowest BCUT2D eigenvalue weighted by atomic mass is 10.2. The van der Waals surface area contributed by atoms with Crippen LogP contribution < -0.4 is 0 Å². The summed E-state index contributed by atoms with van der Waals surface area (Å²) in [5.74, 6) is 0.0925. The smallest absolute Gasteiger partial charge is 0.228 e. The van der Waals surface area contributed by atoms with Crippen molar-refractivity contribution in [3.63, 3.8) is 0 Å². The Balaban J connectivity index is 2.06. The van der Waals surface area contributed by atoms with Gasteiger partial charge in [0.2, 0.25) is 5.91 Å². The third kappa shape index (κ3) is 2.75. The van der Waals surface area contributed by atoms with Crippen LogP contribution in [0.4, 0.5) is 0 Å². The van der Waals surface area contributed by atoms with Gasteiger partial charge in [-0.3, -0.25) is 4.79 Å². The summed E-state index contributed by atoms with van der Waals surface area (Å²) in [7, 11) is 0. The summed E-state index contributed by atoms with van der Waals surface area (Å²) < 4.78 is 0.713. The number of carbonyl (C=O) groups is 1. The number of rotatable bonds is 3. The molecule has 0 spiro atoms. The molecule has 1 aliphatic rings. The second-order valence-electron chi connectivity index (χ2n) is 4.31. The second-order valence-corrected chi connectivity index (χ2v) is 6.08. The minimum atomic E-state index is 0.00900. The first-order valence-electron chi connectivity index (χ1n) is 5.70. The molecule has 1 amide bonds. The highest BCUT2D eigenvalue weighted by atomic mass is 32.1. The molecule has 1 unspecified atom stereocenters. The molecule has 94 valence electrons. The molecule has 2 heterocycles. The molecule has 1 fully saturated rings. The number of nitrogens with zero attached hydrogens (tertiary/aromatic N) is 1. The third-order valence-electron chi connectivity index (χ3n) is 3.14. The van der Waals surface area contributed by atoms with Crippen LogP contribution in [0, 0.1) is 10.9 Å². The first-order valence-corrected chi connectivity index (χ1v) is 6.93. The number of hydrogen-bond acceptors (Lipinski definition) is 4. The number of amides is 1. The highest BCUT2D eigenvalue weighted by molar-refractivity contribution is 7.73. The van der Waals surface area contributed by atoms with E-state index in [-0.39, 0.29) is 18.6 Å². The number of likely N-dealkylation sites (tertiary alicyclic amines) is 1. The van der Waals surface area contributed by atoms with Gasteiger partial charge in [0.15, 0.2) is 3.95 Å². The zero-order valence-corrected chi connectivity index (χ0v) is 11.4. The number of aromatic nitrogens is 1. The van der Waals surface area contributed by atoms with E-state index in [4.69, 9.17) is 12.2 Å². The van der Waals surface area contributed by atoms with Gasteiger partial charge < -0.3 is 15.0 Å². The van der Waals surface area contributed by atoms with Gasteiger partial charge in [-0.2, -0.15) is 0 Å². The molecule has 1 aliphatic heterocycles. The highest BCUT2D eigenvalue weighted by Crippen LogP contribution is 2.21. The van der Waals surface area contributed by atoms with Gasteiger partial charge in [0.1, 0.15) is 0 Å². The van der Waals surface area contributed by atoms with Crippen molar-refractivity contribution in [2.45, 2.75) is 32.2 Å². The van der Waals surface area contributed by atoms with Crippen LogP contribution >= 0.6 is 23.6 Å². The molecular formula is C11H16N2O2S2. The highest BCUT2D eigenvalue weighted by Gasteiger charge is 2.28. The third-order valence-corrected chi connectivity index (χ3v) is 4.48. The van der Waals surface area contributed by atoms with Crippen LogP contribution in [-0.2, 0) is 11.2 Å². The van der Waals surface area contributed by atoms with Gasteiger partial charge in [-0.1, -0.05) is 0 Å². The zero-order valence-electron chi connectivity index (χ0n) is 9.73. The Morgan fingerprint density at radius 2 is 2.47 bits per heavy atom. The quantitative estimate of drug-likeness (QED) is 0.823. The fourth-order valence-electron chi connectivity index (χ4n) is 2.20. The monoisotopic (exact) mass is 272 g/mol. The number of nitrogens with one attached hydrogen (secondary N) is 1. The normalized spacial score (nSPS) is 19.9. The number of aromatic amines is 1. The first-order chi connectivity index (χ1) is 8.11. The molecular weight excluding hydrogens is 256 g/mol. The average molecular weight is 272 g/mol. The van der Waals surface area contributed by atoms with Crippen molar-refractivity contribution in [3.05, 3.63) is 14.5 Å². The van der Waals surface area contributed by atoms with E-state index in [1.807, 2.05) is 6.92 Å². The predicted octanol–water partition coefficient (Wildman–Crippen LogP) is 1.64. The summed E-state index contributed by atoms with van der Waals surface area (Å²) in [6.45, 7) is 2.76. The van der Waals surface area contributed by atoms with Crippen LogP contribution in [0.2, 0.25) is 0 Å². The first kappa shape index (κ1) is 12.7. The lowest BCUT2D eigenvalue weighted by Crippen LogP contribution is -2.38. The predicted molar refractivity (Wildman–Crippen MR) is 69.8 cm³/mol. The Kier molecular flexibility index (Phi) is 3.96. The lowest BCUT2D eigenvalue weighted by molar-refractivity contribution is -0.131.